The standard InChI is InChI=1S/C35H45N5O6.Ac/c1-15(2)17(4)34(43)38-20(7)35(44)37-13-26-28-22(30(41)19(6)32-33(28)46-14-45-32)11-24-29-27-21(9-16(3)18(5)31(27)42)10-23(39(29)8)25(12-36)40(24)26;/h9,15,17,20,23-26,29,41-42H,10-11,13-14H2,1-8H3,(H,37,44)(H,38,43);/t17-,20-,23-,24?,25-,26-,29+;/m0./s1. The van der Waals surface area contributed by atoms with E-state index in [9.17, 15) is 25.1 Å². The summed E-state index contributed by atoms with van der Waals surface area (Å²) >= 11 is 0. The number of amides is 2. The summed E-state index contributed by atoms with van der Waals surface area (Å²) in [6.07, 6.45) is 0.979. The molecule has 2 aromatic rings. The molecule has 1 radical (unpaired) electrons. The van der Waals surface area contributed by atoms with Gasteiger partial charge in [0.15, 0.2) is 11.5 Å². The zero-order chi connectivity index (χ0) is 33.4. The van der Waals surface area contributed by atoms with E-state index in [-0.39, 0.29) is 111 Å². The van der Waals surface area contributed by atoms with E-state index >= 15 is 0 Å². The van der Waals surface area contributed by atoms with E-state index in [0.717, 1.165) is 22.3 Å². The van der Waals surface area contributed by atoms with Crippen molar-refractivity contribution < 1.29 is 73.3 Å². The number of nitriles is 1. The molecule has 0 aliphatic carbocycles. The molecule has 2 bridgehead atoms. The van der Waals surface area contributed by atoms with E-state index < -0.39 is 18.1 Å². The number of carbonyl (C=O) groups is 2. The quantitative estimate of drug-likeness (QED) is 0.344. The van der Waals surface area contributed by atoms with Gasteiger partial charge in [0, 0.05) is 90.9 Å². The Kier molecular flexibility index (Phi) is 10.2. The third-order valence-electron chi connectivity index (χ3n) is 11.1. The van der Waals surface area contributed by atoms with Gasteiger partial charge in [-0.25, -0.2) is 0 Å². The molecule has 249 valence electrons. The molecule has 12 heteroatoms. The summed E-state index contributed by atoms with van der Waals surface area (Å²) in [4.78, 5) is 30.6. The van der Waals surface area contributed by atoms with E-state index in [1.165, 1.54) is 0 Å². The van der Waals surface area contributed by atoms with E-state index in [1.807, 2.05) is 41.7 Å². The fraction of sp³-hybridized carbons (Fsp3) is 0.571. The SMILES string of the molecule is Cc1cc2c(c(O)c1C)[C@H]1C3Cc4c(O)c(C)c5c(c4[C@H](CNC(=O)[C@H](C)NC(=O)[C@@H](C)C(C)C)N3[C@@H](C#N)[C@H](C2)N1C)OCO5.[Ac]. The Hall–Kier alpha value is -2.57. The number of phenolic OH excluding ortho intramolecular Hbond substituents is 2. The monoisotopic (exact) mass is 858 g/mol. The average Bonchev–Trinajstić information content (AvgIpc) is 3.51. The topological polar surface area (TPSA) is 147 Å². The summed E-state index contributed by atoms with van der Waals surface area (Å²) in [5.41, 5.74) is 5.68. The first-order valence-corrected chi connectivity index (χ1v) is 16.2. The molecule has 4 aliphatic heterocycles. The minimum absolute atomic E-state index is 0. The molecule has 0 spiro atoms. The molecule has 7 atom stereocenters. The number of likely N-dealkylation sites (N-methyl/N-ethyl adjacent to an activating group) is 1. The van der Waals surface area contributed by atoms with Crippen LogP contribution in [0.5, 0.6) is 23.0 Å². The Morgan fingerprint density at radius 1 is 1.00 bits per heavy atom. The van der Waals surface area contributed by atoms with E-state index in [1.54, 1.807) is 13.8 Å². The van der Waals surface area contributed by atoms with Crippen molar-refractivity contribution in [1.82, 2.24) is 20.4 Å². The minimum atomic E-state index is -0.780. The van der Waals surface area contributed by atoms with E-state index in [2.05, 4.69) is 32.6 Å². The summed E-state index contributed by atoms with van der Waals surface area (Å²) < 4.78 is 11.8. The number of benzene rings is 2. The minimum Gasteiger partial charge on any atom is -0.507 e. The van der Waals surface area contributed by atoms with Crippen molar-refractivity contribution in [2.45, 2.75) is 97.6 Å². The molecular weight excluding hydrogens is 813 g/mol. The first kappa shape index (κ1) is 35.7. The number of phenols is 2. The van der Waals surface area contributed by atoms with Gasteiger partial charge in [-0.3, -0.25) is 19.4 Å². The second-order valence-electron chi connectivity index (χ2n) is 13.9. The Morgan fingerprint density at radius 2 is 1.68 bits per heavy atom. The summed E-state index contributed by atoms with van der Waals surface area (Å²) in [5, 5.41) is 39.8. The van der Waals surface area contributed by atoms with Gasteiger partial charge < -0.3 is 30.3 Å². The van der Waals surface area contributed by atoms with Crippen molar-refractivity contribution >= 4 is 11.8 Å². The van der Waals surface area contributed by atoms with E-state index in [4.69, 9.17) is 9.47 Å². The first-order chi connectivity index (χ1) is 21.8. The number of carbonyl (C=O) groups excluding carboxylic acids is 2. The van der Waals surface area contributed by atoms with Gasteiger partial charge in [0.1, 0.15) is 23.6 Å². The maximum absolute atomic E-state index is 13.5. The maximum Gasteiger partial charge on any atom is 0.242 e. The Balaban J connectivity index is 0.00000433. The molecule has 2 aromatic carbocycles. The molecule has 0 saturated carbocycles. The van der Waals surface area contributed by atoms with Gasteiger partial charge in [-0.2, -0.15) is 5.26 Å². The molecule has 1 fully saturated rings. The molecule has 47 heavy (non-hydrogen) atoms. The molecule has 1 unspecified atom stereocenters. The number of aromatic hydroxyl groups is 2. The number of nitrogens with zero attached hydrogens (tertiary/aromatic N) is 3. The fourth-order valence-corrected chi connectivity index (χ4v) is 7.97. The largest absolute Gasteiger partial charge is 0.507 e. The van der Waals surface area contributed by atoms with Gasteiger partial charge in [0.2, 0.25) is 18.6 Å². The molecule has 11 nitrogen and oxygen atoms in total. The maximum atomic E-state index is 13.5. The number of nitrogens with one attached hydrogen (secondary N) is 2. The predicted octanol–water partition coefficient (Wildman–Crippen LogP) is 3.44. The molecule has 6 rings (SSSR count). The van der Waals surface area contributed by atoms with Gasteiger partial charge in [-0.15, -0.1) is 0 Å². The molecule has 1 saturated heterocycles. The number of aryl methyl sites for hydroxylation is 1. The molecule has 2 amide bonds. The Labute approximate surface area is 312 Å². The van der Waals surface area contributed by atoms with Crippen LogP contribution in [-0.2, 0) is 22.4 Å². The van der Waals surface area contributed by atoms with Crippen molar-refractivity contribution in [2.24, 2.45) is 11.8 Å². The number of hydrogen-bond donors (Lipinski definition) is 4. The summed E-state index contributed by atoms with van der Waals surface area (Å²) in [7, 11) is 2.01. The first-order valence-electron chi connectivity index (χ1n) is 16.2. The van der Waals surface area contributed by atoms with Gasteiger partial charge in [-0.05, 0) is 70.2 Å². The fourth-order valence-electron chi connectivity index (χ4n) is 7.97. The summed E-state index contributed by atoms with van der Waals surface area (Å²) in [6.45, 7) is 13.2. The molecule has 4 heterocycles. The van der Waals surface area contributed by atoms with Crippen molar-refractivity contribution in [2.75, 3.05) is 20.4 Å². The van der Waals surface area contributed by atoms with Gasteiger partial charge in [-0.1, -0.05) is 26.8 Å². The van der Waals surface area contributed by atoms with Crippen LogP contribution in [0.25, 0.3) is 0 Å². The summed E-state index contributed by atoms with van der Waals surface area (Å²) in [6, 6.07) is 2.05. The van der Waals surface area contributed by atoms with Gasteiger partial charge in [0.25, 0.3) is 0 Å². The van der Waals surface area contributed by atoms with Crippen molar-refractivity contribution in [3.63, 3.8) is 0 Å². The number of rotatable bonds is 6. The molecule has 4 aliphatic rings. The van der Waals surface area contributed by atoms with Crippen LogP contribution >= 0.6 is 0 Å². The smallest absolute Gasteiger partial charge is 0.242 e. The van der Waals surface area contributed by atoms with Crippen LogP contribution in [0.1, 0.15) is 78.7 Å². The van der Waals surface area contributed by atoms with Crippen LogP contribution in [0, 0.1) is 88.0 Å². The van der Waals surface area contributed by atoms with Gasteiger partial charge >= 0.3 is 0 Å². The Morgan fingerprint density at radius 3 is 2.34 bits per heavy atom. The third-order valence-corrected chi connectivity index (χ3v) is 11.1. The van der Waals surface area contributed by atoms with Crippen LogP contribution in [0.4, 0.5) is 0 Å². The average molecular weight is 859 g/mol. The Bertz CT molecular complexity index is 1660. The third kappa shape index (κ3) is 5.69. The van der Waals surface area contributed by atoms with Crippen LogP contribution in [-0.4, -0.2) is 76.4 Å². The zero-order valence-electron chi connectivity index (χ0n) is 28.5. The second kappa shape index (κ2) is 13.4. The molecule has 0 aromatic heterocycles. The second-order valence-corrected chi connectivity index (χ2v) is 13.9. The molecule has 4 N–H and O–H groups in total. The van der Waals surface area contributed by atoms with Crippen molar-refractivity contribution in [1.29, 1.82) is 5.26 Å². The van der Waals surface area contributed by atoms with Crippen LogP contribution in [0.2, 0.25) is 0 Å². The number of piperazine rings is 1. The number of fused-ring (bicyclic) bond motifs is 9. The zero-order valence-corrected chi connectivity index (χ0v) is 33.2. The number of hydrogen-bond acceptors (Lipinski definition) is 9. The van der Waals surface area contributed by atoms with Crippen LogP contribution in [0.3, 0.4) is 0 Å². The molecular formula is C35H45AcN5O6. The van der Waals surface area contributed by atoms with Gasteiger partial charge in [0.05, 0.1) is 18.2 Å². The predicted molar refractivity (Wildman–Crippen MR) is 171 cm³/mol. The van der Waals surface area contributed by atoms with E-state index in [0.29, 0.717) is 41.0 Å². The van der Waals surface area contributed by atoms with Crippen LogP contribution < -0.4 is 20.1 Å². The summed E-state index contributed by atoms with van der Waals surface area (Å²) in [5.74, 6) is 0.694. The van der Waals surface area contributed by atoms with Crippen molar-refractivity contribution in [3.05, 3.63) is 45.0 Å². The van der Waals surface area contributed by atoms with Crippen molar-refractivity contribution in [3.8, 4) is 29.1 Å². The van der Waals surface area contributed by atoms with Crippen LogP contribution in [0.15, 0.2) is 6.07 Å². The number of ether oxygens (including phenoxy) is 2. The normalized spacial score (nSPS) is 25.4.